The number of benzene rings is 2. The maximum absolute atomic E-state index is 12.5. The number of ether oxygens (including phenoxy) is 2. The molecule has 1 saturated heterocycles. The van der Waals surface area contributed by atoms with Crippen LogP contribution < -0.4 is 20.1 Å². The first kappa shape index (κ1) is 20.1. The molecule has 26 heavy (non-hydrogen) atoms. The third-order valence-corrected chi connectivity index (χ3v) is 4.40. The lowest BCUT2D eigenvalue weighted by Crippen LogP contribution is -2.40. The number of anilines is 1. The minimum atomic E-state index is 0. The molecule has 0 spiro atoms. The van der Waals surface area contributed by atoms with Gasteiger partial charge >= 0.3 is 0 Å². The van der Waals surface area contributed by atoms with Gasteiger partial charge in [-0.25, -0.2) is 0 Å². The lowest BCUT2D eigenvalue weighted by molar-refractivity contribution is -0.120. The molecule has 2 atom stereocenters. The SMILES string of the molecule is COc1cc(Oc2ccccc2)ccc1NC(=O)[C@H]1CCN[C@@H](C)C1.Cl. The summed E-state index contributed by atoms with van der Waals surface area (Å²) in [5.74, 6) is 2.08. The molecule has 1 heterocycles. The minimum absolute atomic E-state index is 0. The second kappa shape index (κ2) is 9.46. The van der Waals surface area contributed by atoms with Crippen molar-refractivity contribution in [3.8, 4) is 17.2 Å². The molecule has 2 aromatic carbocycles. The number of rotatable bonds is 5. The smallest absolute Gasteiger partial charge is 0.227 e. The van der Waals surface area contributed by atoms with Crippen molar-refractivity contribution in [2.45, 2.75) is 25.8 Å². The average Bonchev–Trinajstić information content (AvgIpc) is 2.63. The van der Waals surface area contributed by atoms with E-state index >= 15 is 0 Å². The molecule has 2 N–H and O–H groups in total. The molecule has 6 heteroatoms. The van der Waals surface area contributed by atoms with Gasteiger partial charge in [0.1, 0.15) is 17.2 Å². The summed E-state index contributed by atoms with van der Waals surface area (Å²) in [5.41, 5.74) is 0.666. The fourth-order valence-corrected chi connectivity index (χ4v) is 3.07. The van der Waals surface area contributed by atoms with Crippen molar-refractivity contribution in [3.63, 3.8) is 0 Å². The van der Waals surface area contributed by atoms with Crippen LogP contribution in [0.4, 0.5) is 5.69 Å². The topological polar surface area (TPSA) is 59.6 Å². The van der Waals surface area contributed by atoms with Crippen molar-refractivity contribution in [2.24, 2.45) is 5.92 Å². The number of nitrogens with one attached hydrogen (secondary N) is 2. The molecule has 0 aliphatic carbocycles. The Morgan fingerprint density at radius 3 is 2.62 bits per heavy atom. The summed E-state index contributed by atoms with van der Waals surface area (Å²) in [6, 6.07) is 15.4. The highest BCUT2D eigenvalue weighted by atomic mass is 35.5. The molecule has 2 aromatic rings. The fourth-order valence-electron chi connectivity index (χ4n) is 3.07. The molecule has 0 aromatic heterocycles. The third kappa shape index (κ3) is 5.13. The first-order valence-corrected chi connectivity index (χ1v) is 8.61. The Balaban J connectivity index is 0.00000243. The van der Waals surface area contributed by atoms with Crippen LogP contribution in [0.25, 0.3) is 0 Å². The zero-order valence-corrected chi connectivity index (χ0v) is 15.8. The molecule has 0 bridgehead atoms. The van der Waals surface area contributed by atoms with Crippen molar-refractivity contribution >= 4 is 24.0 Å². The molecule has 5 nitrogen and oxygen atoms in total. The van der Waals surface area contributed by atoms with E-state index in [0.29, 0.717) is 23.2 Å². The van der Waals surface area contributed by atoms with E-state index in [4.69, 9.17) is 9.47 Å². The van der Waals surface area contributed by atoms with Crippen molar-refractivity contribution in [2.75, 3.05) is 19.0 Å². The van der Waals surface area contributed by atoms with Crippen LogP contribution in [0.3, 0.4) is 0 Å². The Bertz CT molecular complexity index is 724. The van der Waals surface area contributed by atoms with Gasteiger partial charge in [0.2, 0.25) is 5.91 Å². The fraction of sp³-hybridized carbons (Fsp3) is 0.350. The van der Waals surface area contributed by atoms with E-state index in [0.717, 1.165) is 25.1 Å². The van der Waals surface area contributed by atoms with E-state index in [2.05, 4.69) is 17.6 Å². The molecule has 1 aliphatic rings. The maximum atomic E-state index is 12.5. The van der Waals surface area contributed by atoms with Crippen molar-refractivity contribution < 1.29 is 14.3 Å². The Morgan fingerprint density at radius 1 is 1.15 bits per heavy atom. The molecule has 140 valence electrons. The number of carbonyl (C=O) groups is 1. The van der Waals surface area contributed by atoms with Gasteiger partial charge in [0, 0.05) is 18.0 Å². The summed E-state index contributed by atoms with van der Waals surface area (Å²) >= 11 is 0. The maximum Gasteiger partial charge on any atom is 0.227 e. The largest absolute Gasteiger partial charge is 0.494 e. The lowest BCUT2D eigenvalue weighted by Gasteiger charge is -2.27. The van der Waals surface area contributed by atoms with Crippen LogP contribution in [0.15, 0.2) is 48.5 Å². The summed E-state index contributed by atoms with van der Waals surface area (Å²) in [5, 5.41) is 6.36. The van der Waals surface area contributed by atoms with Crippen LogP contribution in [0.2, 0.25) is 0 Å². The Hall–Kier alpha value is -2.24. The molecule has 1 aliphatic heterocycles. The molecule has 3 rings (SSSR count). The average molecular weight is 377 g/mol. The molecule has 0 saturated carbocycles. The van der Waals surface area contributed by atoms with E-state index in [-0.39, 0.29) is 24.2 Å². The number of piperidine rings is 1. The van der Waals surface area contributed by atoms with Gasteiger partial charge in [0.15, 0.2) is 0 Å². The Labute approximate surface area is 160 Å². The quantitative estimate of drug-likeness (QED) is 0.819. The summed E-state index contributed by atoms with van der Waals surface area (Å²) in [6.45, 7) is 2.98. The van der Waals surface area contributed by atoms with Gasteiger partial charge in [0.25, 0.3) is 0 Å². The number of hydrogen-bond donors (Lipinski definition) is 2. The first-order valence-electron chi connectivity index (χ1n) is 8.61. The molecule has 1 fully saturated rings. The Kier molecular flexibility index (Phi) is 7.30. The van der Waals surface area contributed by atoms with Gasteiger partial charge in [-0.3, -0.25) is 4.79 Å². The summed E-state index contributed by atoms with van der Waals surface area (Å²) in [6.07, 6.45) is 1.71. The van der Waals surface area contributed by atoms with Crippen LogP contribution in [-0.2, 0) is 4.79 Å². The molecule has 0 unspecified atom stereocenters. The highest BCUT2D eigenvalue weighted by molar-refractivity contribution is 5.94. The summed E-state index contributed by atoms with van der Waals surface area (Å²) in [4.78, 5) is 12.5. The van der Waals surface area contributed by atoms with Gasteiger partial charge in [-0.15, -0.1) is 12.4 Å². The molecular formula is C20H25ClN2O3. The van der Waals surface area contributed by atoms with Crippen LogP contribution >= 0.6 is 12.4 Å². The Morgan fingerprint density at radius 2 is 1.92 bits per heavy atom. The molecule has 1 amide bonds. The highest BCUT2D eigenvalue weighted by Gasteiger charge is 2.25. The van der Waals surface area contributed by atoms with E-state index in [1.807, 2.05) is 42.5 Å². The van der Waals surface area contributed by atoms with Gasteiger partial charge in [0.05, 0.1) is 12.8 Å². The van der Waals surface area contributed by atoms with Crippen molar-refractivity contribution in [1.29, 1.82) is 0 Å². The number of hydrogen-bond acceptors (Lipinski definition) is 4. The molecule has 0 radical (unpaired) electrons. The van der Waals surface area contributed by atoms with E-state index in [9.17, 15) is 4.79 Å². The zero-order chi connectivity index (χ0) is 17.6. The van der Waals surface area contributed by atoms with E-state index in [1.165, 1.54) is 0 Å². The van der Waals surface area contributed by atoms with Crippen LogP contribution in [-0.4, -0.2) is 25.6 Å². The first-order chi connectivity index (χ1) is 12.2. The van der Waals surface area contributed by atoms with Gasteiger partial charge in [-0.2, -0.15) is 0 Å². The number of para-hydroxylation sites is 1. The van der Waals surface area contributed by atoms with Crippen LogP contribution in [0.1, 0.15) is 19.8 Å². The predicted octanol–water partition coefficient (Wildman–Crippen LogP) is 4.24. The van der Waals surface area contributed by atoms with Gasteiger partial charge in [-0.05, 0) is 50.6 Å². The van der Waals surface area contributed by atoms with Crippen LogP contribution in [0, 0.1) is 5.92 Å². The standard InChI is InChI=1S/C20H24N2O3.ClH/c1-14-12-15(10-11-21-14)20(23)22-18-9-8-17(13-19(18)24-2)25-16-6-4-3-5-7-16;/h3-9,13-15,21H,10-12H2,1-2H3,(H,22,23);1H/t14-,15-;/m0./s1. The van der Waals surface area contributed by atoms with Crippen molar-refractivity contribution in [3.05, 3.63) is 48.5 Å². The predicted molar refractivity (Wildman–Crippen MR) is 106 cm³/mol. The van der Waals surface area contributed by atoms with E-state index in [1.54, 1.807) is 13.2 Å². The van der Waals surface area contributed by atoms with Crippen molar-refractivity contribution in [1.82, 2.24) is 5.32 Å². The second-order valence-electron chi connectivity index (χ2n) is 6.34. The number of methoxy groups -OCH3 is 1. The normalized spacial score (nSPS) is 19.2. The van der Waals surface area contributed by atoms with Gasteiger partial charge < -0.3 is 20.1 Å². The number of halogens is 1. The van der Waals surface area contributed by atoms with Crippen LogP contribution in [0.5, 0.6) is 17.2 Å². The summed E-state index contributed by atoms with van der Waals surface area (Å²) in [7, 11) is 1.59. The minimum Gasteiger partial charge on any atom is -0.494 e. The molecular weight excluding hydrogens is 352 g/mol. The third-order valence-electron chi connectivity index (χ3n) is 4.40. The highest BCUT2D eigenvalue weighted by Crippen LogP contribution is 2.32. The number of amides is 1. The zero-order valence-electron chi connectivity index (χ0n) is 15.0. The van der Waals surface area contributed by atoms with E-state index < -0.39 is 0 Å². The van der Waals surface area contributed by atoms with Gasteiger partial charge in [-0.1, -0.05) is 18.2 Å². The second-order valence-corrected chi connectivity index (χ2v) is 6.34. The monoisotopic (exact) mass is 376 g/mol. The number of carbonyl (C=O) groups excluding carboxylic acids is 1. The summed E-state index contributed by atoms with van der Waals surface area (Å²) < 4.78 is 11.2. The lowest BCUT2D eigenvalue weighted by atomic mass is 9.92.